The van der Waals surface area contributed by atoms with Crippen molar-refractivity contribution in [3.8, 4) is 0 Å². The fourth-order valence-electron chi connectivity index (χ4n) is 1.29. The Morgan fingerprint density at radius 3 is 2.56 bits per heavy atom. The maximum Gasteiger partial charge on any atom is 0.269 e. The van der Waals surface area contributed by atoms with Crippen molar-refractivity contribution in [2.24, 2.45) is 4.99 Å². The van der Waals surface area contributed by atoms with E-state index in [1.54, 1.807) is 18.2 Å². The number of ether oxygens (including phenoxy) is 1. The summed E-state index contributed by atoms with van der Waals surface area (Å²) >= 11 is 0. The van der Waals surface area contributed by atoms with Crippen molar-refractivity contribution in [1.29, 1.82) is 0 Å². The molecule has 1 rings (SSSR count). The van der Waals surface area contributed by atoms with Crippen molar-refractivity contribution in [2.75, 3.05) is 6.61 Å². The quantitative estimate of drug-likeness (QED) is 0.264. The van der Waals surface area contributed by atoms with Gasteiger partial charge in [-0.05, 0) is 26.0 Å². The van der Waals surface area contributed by atoms with Gasteiger partial charge >= 0.3 is 0 Å². The van der Waals surface area contributed by atoms with Gasteiger partial charge in [0.25, 0.3) is 5.69 Å². The molecule has 0 saturated carbocycles. The fraction of sp³-hybridized carbons (Fsp3) is 0.308. The fourth-order valence-corrected chi connectivity index (χ4v) is 1.29. The van der Waals surface area contributed by atoms with Gasteiger partial charge in [-0.25, -0.2) is 4.99 Å². The summed E-state index contributed by atoms with van der Waals surface area (Å²) < 4.78 is 5.45. The SMILES string of the molecule is C=CCOC(=NC(C)C)c1ccc([N+](=O)[O-])cc1. The first-order chi connectivity index (χ1) is 8.54. The van der Waals surface area contributed by atoms with E-state index in [0.29, 0.717) is 12.5 Å². The Labute approximate surface area is 106 Å². The van der Waals surface area contributed by atoms with Gasteiger partial charge in [0.15, 0.2) is 0 Å². The zero-order valence-electron chi connectivity index (χ0n) is 10.5. The number of nitro groups is 1. The molecule has 1 aromatic rings. The summed E-state index contributed by atoms with van der Waals surface area (Å²) in [4.78, 5) is 14.5. The van der Waals surface area contributed by atoms with Crippen LogP contribution in [0.3, 0.4) is 0 Å². The Morgan fingerprint density at radius 2 is 2.11 bits per heavy atom. The zero-order chi connectivity index (χ0) is 13.5. The van der Waals surface area contributed by atoms with Crippen molar-refractivity contribution in [3.05, 3.63) is 52.6 Å². The summed E-state index contributed by atoms with van der Waals surface area (Å²) in [7, 11) is 0. The highest BCUT2D eigenvalue weighted by molar-refractivity contribution is 5.94. The second-order valence-electron chi connectivity index (χ2n) is 3.93. The third-order valence-corrected chi connectivity index (χ3v) is 2.04. The van der Waals surface area contributed by atoms with Gasteiger partial charge in [-0.15, -0.1) is 0 Å². The highest BCUT2D eigenvalue weighted by Gasteiger charge is 2.09. The molecule has 0 fully saturated rings. The molecule has 0 aliphatic carbocycles. The van der Waals surface area contributed by atoms with Crippen LogP contribution in [-0.2, 0) is 4.74 Å². The van der Waals surface area contributed by atoms with E-state index in [1.165, 1.54) is 12.1 Å². The second-order valence-corrected chi connectivity index (χ2v) is 3.93. The van der Waals surface area contributed by atoms with E-state index >= 15 is 0 Å². The van der Waals surface area contributed by atoms with Crippen LogP contribution in [-0.4, -0.2) is 23.5 Å². The van der Waals surface area contributed by atoms with E-state index < -0.39 is 4.92 Å². The molecule has 0 bridgehead atoms. The van der Waals surface area contributed by atoms with Crippen molar-refractivity contribution >= 4 is 11.6 Å². The van der Waals surface area contributed by atoms with Gasteiger partial charge in [0.1, 0.15) is 6.61 Å². The summed E-state index contributed by atoms with van der Waals surface area (Å²) in [6, 6.07) is 6.20. The van der Waals surface area contributed by atoms with Crippen LogP contribution in [0, 0.1) is 10.1 Å². The van der Waals surface area contributed by atoms with Crippen molar-refractivity contribution in [1.82, 2.24) is 0 Å². The molecule has 0 unspecified atom stereocenters. The van der Waals surface area contributed by atoms with Gasteiger partial charge in [-0.2, -0.15) is 0 Å². The summed E-state index contributed by atoms with van der Waals surface area (Å²) in [5, 5.41) is 10.6. The van der Waals surface area contributed by atoms with Crippen LogP contribution >= 0.6 is 0 Å². The summed E-state index contributed by atoms with van der Waals surface area (Å²) in [6.45, 7) is 7.79. The molecule has 0 amide bonds. The molecular formula is C13H16N2O3. The standard InChI is InChI=1S/C13H16N2O3/c1-4-9-18-13(14-10(2)3)11-5-7-12(8-6-11)15(16)17/h4-8,10H,1,9H2,2-3H3. The number of non-ortho nitro benzene ring substituents is 1. The van der Waals surface area contributed by atoms with Crippen LogP contribution in [0.5, 0.6) is 0 Å². The van der Waals surface area contributed by atoms with E-state index in [0.717, 1.165) is 5.56 Å². The smallest absolute Gasteiger partial charge is 0.269 e. The number of hydrogen-bond donors (Lipinski definition) is 0. The van der Waals surface area contributed by atoms with E-state index in [1.807, 2.05) is 13.8 Å². The Balaban J connectivity index is 2.98. The number of benzene rings is 1. The molecule has 0 heterocycles. The van der Waals surface area contributed by atoms with Gasteiger partial charge in [0.05, 0.1) is 4.92 Å². The number of hydrogen-bond acceptors (Lipinski definition) is 4. The van der Waals surface area contributed by atoms with Gasteiger partial charge in [0, 0.05) is 23.7 Å². The molecular weight excluding hydrogens is 232 g/mol. The molecule has 0 atom stereocenters. The lowest BCUT2D eigenvalue weighted by Crippen LogP contribution is -2.10. The predicted molar refractivity (Wildman–Crippen MR) is 70.9 cm³/mol. The number of rotatable bonds is 5. The van der Waals surface area contributed by atoms with Crippen LogP contribution in [0.1, 0.15) is 19.4 Å². The highest BCUT2D eigenvalue weighted by atomic mass is 16.6. The van der Waals surface area contributed by atoms with Crippen molar-refractivity contribution < 1.29 is 9.66 Å². The topological polar surface area (TPSA) is 64.7 Å². The van der Waals surface area contributed by atoms with Crippen LogP contribution in [0.15, 0.2) is 41.9 Å². The van der Waals surface area contributed by atoms with Crippen LogP contribution in [0.2, 0.25) is 0 Å². The molecule has 5 heteroatoms. The van der Waals surface area contributed by atoms with Crippen LogP contribution in [0.4, 0.5) is 5.69 Å². The van der Waals surface area contributed by atoms with Gasteiger partial charge in [-0.1, -0.05) is 12.7 Å². The average Bonchev–Trinajstić information content (AvgIpc) is 2.34. The lowest BCUT2D eigenvalue weighted by Gasteiger charge is -2.09. The molecule has 0 saturated heterocycles. The third-order valence-electron chi connectivity index (χ3n) is 2.04. The Bertz CT molecular complexity index is 450. The molecule has 5 nitrogen and oxygen atoms in total. The summed E-state index contributed by atoms with van der Waals surface area (Å²) in [5.41, 5.74) is 0.766. The minimum atomic E-state index is -0.437. The molecule has 1 aromatic carbocycles. The minimum absolute atomic E-state index is 0.0476. The van der Waals surface area contributed by atoms with Crippen molar-refractivity contribution in [2.45, 2.75) is 19.9 Å². The average molecular weight is 248 g/mol. The number of aliphatic imine (C=N–C) groups is 1. The first-order valence-electron chi connectivity index (χ1n) is 5.61. The molecule has 0 aliphatic heterocycles. The van der Waals surface area contributed by atoms with Gasteiger partial charge in [0.2, 0.25) is 5.90 Å². The third kappa shape index (κ3) is 4.01. The maximum atomic E-state index is 10.6. The number of nitro benzene ring substituents is 1. The molecule has 0 aliphatic rings. The maximum absolute atomic E-state index is 10.6. The first kappa shape index (κ1) is 13.9. The van der Waals surface area contributed by atoms with E-state index in [4.69, 9.17) is 4.74 Å². The van der Waals surface area contributed by atoms with Gasteiger partial charge in [-0.3, -0.25) is 10.1 Å². The highest BCUT2D eigenvalue weighted by Crippen LogP contribution is 2.13. The minimum Gasteiger partial charge on any atom is -0.473 e. The van der Waals surface area contributed by atoms with E-state index in [2.05, 4.69) is 11.6 Å². The Morgan fingerprint density at radius 1 is 1.50 bits per heavy atom. The predicted octanol–water partition coefficient (Wildman–Crippen LogP) is 2.95. The lowest BCUT2D eigenvalue weighted by atomic mass is 10.2. The van der Waals surface area contributed by atoms with E-state index in [-0.39, 0.29) is 11.7 Å². The molecule has 0 N–H and O–H groups in total. The summed E-state index contributed by atoms with van der Waals surface area (Å²) in [6.07, 6.45) is 1.63. The molecule has 0 aromatic heterocycles. The monoisotopic (exact) mass is 248 g/mol. The Hall–Kier alpha value is -2.17. The van der Waals surface area contributed by atoms with Crippen molar-refractivity contribution in [3.63, 3.8) is 0 Å². The van der Waals surface area contributed by atoms with Crippen LogP contribution in [0.25, 0.3) is 0 Å². The van der Waals surface area contributed by atoms with Gasteiger partial charge < -0.3 is 4.74 Å². The first-order valence-corrected chi connectivity index (χ1v) is 5.61. The second kappa shape index (κ2) is 6.54. The molecule has 0 spiro atoms. The lowest BCUT2D eigenvalue weighted by molar-refractivity contribution is -0.384. The number of nitrogens with zero attached hydrogens (tertiary/aromatic N) is 2. The largest absolute Gasteiger partial charge is 0.473 e. The van der Waals surface area contributed by atoms with Crippen LogP contribution < -0.4 is 0 Å². The summed E-state index contributed by atoms with van der Waals surface area (Å²) in [5.74, 6) is 0.472. The normalized spacial score (nSPS) is 11.4. The zero-order valence-corrected chi connectivity index (χ0v) is 10.5. The molecule has 0 radical (unpaired) electrons. The van der Waals surface area contributed by atoms with E-state index in [9.17, 15) is 10.1 Å². The molecule has 96 valence electrons. The Kier molecular flexibility index (Phi) is 5.05. The molecule has 18 heavy (non-hydrogen) atoms.